The van der Waals surface area contributed by atoms with Crippen LogP contribution in [0.3, 0.4) is 0 Å². The number of aliphatic carboxylic acids is 1. The molecule has 1 rings (SSSR count). The third kappa shape index (κ3) is 5.13. The summed E-state index contributed by atoms with van der Waals surface area (Å²) in [4.78, 5) is 34.0. The van der Waals surface area contributed by atoms with Gasteiger partial charge in [0.1, 0.15) is 0 Å². The first-order valence-electron chi connectivity index (χ1n) is 6.11. The van der Waals surface area contributed by atoms with E-state index in [2.05, 4.69) is 20.7 Å². The summed E-state index contributed by atoms with van der Waals surface area (Å²) < 4.78 is 5.39. The Morgan fingerprint density at radius 1 is 1.35 bits per heavy atom. The van der Waals surface area contributed by atoms with E-state index >= 15 is 0 Å². The number of esters is 1. The second-order valence-corrected chi connectivity index (χ2v) is 5.13. The maximum absolute atomic E-state index is 11.6. The highest BCUT2D eigenvalue weighted by atomic mass is 79.9. The van der Waals surface area contributed by atoms with E-state index in [4.69, 9.17) is 5.11 Å². The zero-order chi connectivity index (χ0) is 15.1. The van der Waals surface area contributed by atoms with E-state index in [0.29, 0.717) is 0 Å². The molecular formula is C14H15BrO5. The monoisotopic (exact) mass is 342 g/mol. The molecule has 0 aliphatic rings. The van der Waals surface area contributed by atoms with Crippen molar-refractivity contribution in [2.45, 2.75) is 19.8 Å². The Bertz CT molecular complexity index is 512. The first-order valence-corrected chi connectivity index (χ1v) is 6.90. The summed E-state index contributed by atoms with van der Waals surface area (Å²) in [5.74, 6) is -3.84. The van der Waals surface area contributed by atoms with Gasteiger partial charge in [0.15, 0.2) is 0 Å². The maximum Gasteiger partial charge on any atom is 0.374 e. The van der Waals surface area contributed by atoms with Gasteiger partial charge in [-0.3, -0.25) is 9.59 Å². The number of carboxylic acids is 1. The van der Waals surface area contributed by atoms with Crippen LogP contribution in [0.4, 0.5) is 0 Å². The summed E-state index contributed by atoms with van der Waals surface area (Å²) in [6.45, 7) is 1.68. The molecule has 0 fully saturated rings. The minimum atomic E-state index is -1.11. The van der Waals surface area contributed by atoms with E-state index < -0.39 is 23.6 Å². The highest BCUT2D eigenvalue weighted by Gasteiger charge is 2.26. The number of Topliss-reactive ketones (excluding diaryl/α,β-unsaturated/α-hetero) is 1. The van der Waals surface area contributed by atoms with Crippen LogP contribution in [0.5, 0.6) is 0 Å². The van der Waals surface area contributed by atoms with Gasteiger partial charge in [0.25, 0.3) is 0 Å². The minimum Gasteiger partial charge on any atom is -0.481 e. The topological polar surface area (TPSA) is 80.7 Å². The van der Waals surface area contributed by atoms with Crippen molar-refractivity contribution in [1.29, 1.82) is 0 Å². The van der Waals surface area contributed by atoms with Crippen LogP contribution >= 0.6 is 15.9 Å². The molecule has 0 radical (unpaired) electrons. The van der Waals surface area contributed by atoms with Crippen molar-refractivity contribution in [2.75, 3.05) is 6.61 Å². The lowest BCUT2D eigenvalue weighted by atomic mass is 9.94. The Morgan fingerprint density at radius 3 is 2.60 bits per heavy atom. The Balaban J connectivity index is 2.73. The lowest BCUT2D eigenvalue weighted by molar-refractivity contribution is -0.155. The van der Waals surface area contributed by atoms with Crippen LogP contribution in [0.15, 0.2) is 28.7 Å². The van der Waals surface area contributed by atoms with Crippen LogP contribution in [0, 0.1) is 5.92 Å². The molecule has 1 N–H and O–H groups in total. The van der Waals surface area contributed by atoms with Crippen LogP contribution in [-0.2, 0) is 25.5 Å². The number of benzene rings is 1. The molecule has 0 aromatic heterocycles. The van der Waals surface area contributed by atoms with Gasteiger partial charge in [-0.25, -0.2) is 4.79 Å². The average molecular weight is 343 g/mol. The van der Waals surface area contributed by atoms with Crippen LogP contribution in [0.1, 0.15) is 18.9 Å². The Kier molecular flexibility index (Phi) is 6.38. The highest BCUT2D eigenvalue weighted by molar-refractivity contribution is 9.10. The Morgan fingerprint density at radius 2 is 2.05 bits per heavy atom. The number of carbonyl (C=O) groups excluding carboxylic acids is 2. The van der Waals surface area contributed by atoms with Crippen molar-refractivity contribution >= 4 is 33.7 Å². The van der Waals surface area contributed by atoms with Crippen LogP contribution in [-0.4, -0.2) is 29.4 Å². The zero-order valence-corrected chi connectivity index (χ0v) is 12.6. The molecule has 1 atom stereocenters. The third-order valence-corrected chi connectivity index (χ3v) is 3.15. The molecule has 5 nitrogen and oxygen atoms in total. The number of carboxylic acid groups (broad SMARTS) is 1. The van der Waals surface area contributed by atoms with Gasteiger partial charge in [0.2, 0.25) is 5.78 Å². The fourth-order valence-electron chi connectivity index (χ4n) is 1.71. The zero-order valence-electron chi connectivity index (χ0n) is 11.0. The molecule has 1 aromatic rings. The quantitative estimate of drug-likeness (QED) is 0.606. The highest BCUT2D eigenvalue weighted by Crippen LogP contribution is 2.17. The minimum absolute atomic E-state index is 0.0912. The van der Waals surface area contributed by atoms with Gasteiger partial charge in [-0.2, -0.15) is 0 Å². The summed E-state index contributed by atoms with van der Waals surface area (Å²) in [7, 11) is 0. The van der Waals surface area contributed by atoms with E-state index in [9.17, 15) is 14.4 Å². The van der Waals surface area contributed by atoms with E-state index in [1.165, 1.54) is 0 Å². The molecule has 108 valence electrons. The second-order valence-electron chi connectivity index (χ2n) is 4.22. The molecule has 6 heteroatoms. The molecule has 0 heterocycles. The van der Waals surface area contributed by atoms with Crippen molar-refractivity contribution in [2.24, 2.45) is 5.92 Å². The third-order valence-electron chi connectivity index (χ3n) is 2.66. The van der Waals surface area contributed by atoms with E-state index in [1.54, 1.807) is 25.1 Å². The van der Waals surface area contributed by atoms with Crippen molar-refractivity contribution in [3.05, 3.63) is 34.3 Å². The van der Waals surface area contributed by atoms with Crippen molar-refractivity contribution in [3.63, 3.8) is 0 Å². The van der Waals surface area contributed by atoms with Crippen molar-refractivity contribution in [3.8, 4) is 0 Å². The standard InChI is InChI=1S/C14H15BrO5/c1-2-20-14(19)12(16)8-10(13(17)18)6-9-4-3-5-11(15)7-9/h3-5,7,10H,2,6,8H2,1H3,(H,17,18). The summed E-state index contributed by atoms with van der Waals surface area (Å²) >= 11 is 3.30. The first-order chi connectivity index (χ1) is 9.43. The van der Waals surface area contributed by atoms with Gasteiger partial charge in [0, 0.05) is 10.9 Å². The molecule has 0 amide bonds. The summed E-state index contributed by atoms with van der Waals surface area (Å²) in [6.07, 6.45) is -0.180. The molecule has 20 heavy (non-hydrogen) atoms. The van der Waals surface area contributed by atoms with Gasteiger partial charge in [-0.1, -0.05) is 28.1 Å². The van der Waals surface area contributed by atoms with Crippen molar-refractivity contribution < 1.29 is 24.2 Å². The first kappa shape index (κ1) is 16.4. The lowest BCUT2D eigenvalue weighted by Crippen LogP contribution is -2.26. The fourth-order valence-corrected chi connectivity index (χ4v) is 2.16. The summed E-state index contributed by atoms with van der Waals surface area (Å²) in [5, 5.41) is 9.15. The molecule has 0 spiro atoms. The van der Waals surface area contributed by atoms with Crippen LogP contribution in [0.25, 0.3) is 0 Å². The van der Waals surface area contributed by atoms with Crippen LogP contribution < -0.4 is 0 Å². The Labute approximate surface area is 125 Å². The number of ether oxygens (including phenoxy) is 1. The van der Waals surface area contributed by atoms with Gasteiger partial charge < -0.3 is 9.84 Å². The number of halogens is 1. The van der Waals surface area contributed by atoms with Crippen molar-refractivity contribution in [1.82, 2.24) is 0 Å². The van der Waals surface area contributed by atoms with Gasteiger partial charge in [0.05, 0.1) is 12.5 Å². The number of rotatable bonds is 7. The normalized spacial score (nSPS) is 11.7. The molecule has 0 saturated heterocycles. The van der Waals surface area contributed by atoms with E-state index in [1.807, 2.05) is 6.07 Å². The number of hydrogen-bond acceptors (Lipinski definition) is 4. The SMILES string of the molecule is CCOC(=O)C(=O)CC(Cc1cccc(Br)c1)C(=O)O. The van der Waals surface area contributed by atoms with E-state index in [-0.39, 0.29) is 19.4 Å². The van der Waals surface area contributed by atoms with E-state index in [0.717, 1.165) is 10.0 Å². The molecular weight excluding hydrogens is 328 g/mol. The van der Waals surface area contributed by atoms with Gasteiger partial charge >= 0.3 is 11.9 Å². The van der Waals surface area contributed by atoms with Crippen LogP contribution in [0.2, 0.25) is 0 Å². The second kappa shape index (κ2) is 7.79. The molecule has 0 aliphatic heterocycles. The predicted molar refractivity (Wildman–Crippen MR) is 75.2 cm³/mol. The van der Waals surface area contributed by atoms with Gasteiger partial charge in [-0.15, -0.1) is 0 Å². The average Bonchev–Trinajstić information content (AvgIpc) is 2.38. The number of hydrogen-bond donors (Lipinski definition) is 1. The lowest BCUT2D eigenvalue weighted by Gasteiger charge is -2.11. The summed E-state index contributed by atoms with van der Waals surface area (Å²) in [6, 6.07) is 7.16. The smallest absolute Gasteiger partial charge is 0.374 e. The molecule has 0 saturated carbocycles. The predicted octanol–water partition coefficient (Wildman–Crippen LogP) is 2.21. The maximum atomic E-state index is 11.6. The number of carbonyl (C=O) groups is 3. The largest absolute Gasteiger partial charge is 0.481 e. The fraction of sp³-hybridized carbons (Fsp3) is 0.357. The number of ketones is 1. The van der Waals surface area contributed by atoms with Gasteiger partial charge in [-0.05, 0) is 31.0 Å². The summed E-state index contributed by atoms with van der Waals surface area (Å²) in [5.41, 5.74) is 0.781. The molecule has 0 bridgehead atoms. The molecule has 0 aliphatic carbocycles. The molecule has 1 aromatic carbocycles. The Hall–Kier alpha value is -1.69. The molecule has 1 unspecified atom stereocenters.